The van der Waals surface area contributed by atoms with Crippen LogP contribution in [-0.4, -0.2) is 28.8 Å². The van der Waals surface area contributed by atoms with Crippen molar-refractivity contribution >= 4 is 23.4 Å². The highest BCUT2D eigenvalue weighted by Gasteiger charge is 2.18. The molecule has 0 unspecified atom stereocenters. The van der Waals surface area contributed by atoms with Crippen LogP contribution < -0.4 is 16.4 Å². The minimum Gasteiger partial charge on any atom is -0.383 e. The number of ketones is 1. The van der Waals surface area contributed by atoms with Gasteiger partial charge in [0.1, 0.15) is 11.6 Å². The summed E-state index contributed by atoms with van der Waals surface area (Å²) in [5.74, 6) is 1.32. The van der Waals surface area contributed by atoms with E-state index in [0.717, 1.165) is 13.0 Å². The molecule has 0 aromatic carbocycles. The molecule has 0 amide bonds. The van der Waals surface area contributed by atoms with Crippen LogP contribution >= 0.6 is 0 Å². The fourth-order valence-corrected chi connectivity index (χ4v) is 1.67. The van der Waals surface area contributed by atoms with Gasteiger partial charge in [-0.15, -0.1) is 0 Å². The van der Waals surface area contributed by atoms with E-state index in [2.05, 4.69) is 9.97 Å². The molecule has 1 saturated heterocycles. The highest BCUT2D eigenvalue weighted by atomic mass is 16.1. The summed E-state index contributed by atoms with van der Waals surface area (Å²) in [7, 11) is 0. The van der Waals surface area contributed by atoms with Gasteiger partial charge in [-0.3, -0.25) is 4.79 Å². The van der Waals surface area contributed by atoms with Crippen molar-refractivity contribution in [1.29, 1.82) is 0 Å². The second kappa shape index (κ2) is 3.72. The number of Topliss-reactive ketones (excluding diaryl/α,β-unsaturated/α-hetero) is 1. The number of carbonyl (C=O) groups excluding carboxylic acids is 1. The third kappa shape index (κ3) is 2.15. The Morgan fingerprint density at radius 2 is 2.13 bits per heavy atom. The van der Waals surface area contributed by atoms with Gasteiger partial charge in [0.15, 0.2) is 5.78 Å². The molecule has 0 spiro atoms. The number of hydrogen-bond acceptors (Lipinski definition) is 6. The van der Waals surface area contributed by atoms with Gasteiger partial charge in [-0.2, -0.15) is 9.97 Å². The monoisotopic (exact) mass is 207 g/mol. The molecule has 0 bridgehead atoms. The van der Waals surface area contributed by atoms with Crippen LogP contribution in [0.1, 0.15) is 12.8 Å². The number of aromatic nitrogens is 2. The maximum atomic E-state index is 11.3. The van der Waals surface area contributed by atoms with Crippen molar-refractivity contribution in [3.63, 3.8) is 0 Å². The first-order valence-electron chi connectivity index (χ1n) is 4.82. The SMILES string of the molecule is Nc1cc(N2CCCC(=O)C2)nc(N)n1. The Hall–Kier alpha value is -1.85. The maximum Gasteiger partial charge on any atom is 0.223 e. The highest BCUT2D eigenvalue weighted by molar-refractivity contribution is 5.84. The third-order valence-corrected chi connectivity index (χ3v) is 2.32. The van der Waals surface area contributed by atoms with Gasteiger partial charge in [-0.05, 0) is 6.42 Å². The third-order valence-electron chi connectivity index (χ3n) is 2.32. The smallest absolute Gasteiger partial charge is 0.223 e. The fraction of sp³-hybridized carbons (Fsp3) is 0.444. The van der Waals surface area contributed by atoms with E-state index in [0.29, 0.717) is 24.6 Å². The van der Waals surface area contributed by atoms with Crippen LogP contribution in [0.25, 0.3) is 0 Å². The van der Waals surface area contributed by atoms with Gasteiger partial charge in [-0.1, -0.05) is 0 Å². The zero-order valence-electron chi connectivity index (χ0n) is 8.31. The van der Waals surface area contributed by atoms with Gasteiger partial charge in [0.05, 0.1) is 6.54 Å². The number of rotatable bonds is 1. The Labute approximate surface area is 87.3 Å². The molecule has 80 valence electrons. The Morgan fingerprint density at radius 3 is 2.80 bits per heavy atom. The molecule has 0 saturated carbocycles. The molecule has 0 aliphatic carbocycles. The van der Waals surface area contributed by atoms with Gasteiger partial charge in [0.25, 0.3) is 0 Å². The number of anilines is 3. The largest absolute Gasteiger partial charge is 0.383 e. The van der Waals surface area contributed by atoms with Crippen LogP contribution in [-0.2, 0) is 4.79 Å². The van der Waals surface area contributed by atoms with Crippen LogP contribution in [0.15, 0.2) is 6.07 Å². The van der Waals surface area contributed by atoms with E-state index in [9.17, 15) is 4.79 Å². The first kappa shape index (κ1) is 9.70. The molecule has 0 radical (unpaired) electrons. The van der Waals surface area contributed by atoms with Crippen LogP contribution in [0.5, 0.6) is 0 Å². The van der Waals surface area contributed by atoms with Gasteiger partial charge in [-0.25, -0.2) is 0 Å². The number of nitrogens with zero attached hydrogens (tertiary/aromatic N) is 3. The molecule has 1 aromatic rings. The molecule has 6 heteroatoms. The Morgan fingerprint density at radius 1 is 1.33 bits per heavy atom. The normalized spacial score (nSPS) is 16.8. The summed E-state index contributed by atoms with van der Waals surface area (Å²) in [5.41, 5.74) is 11.0. The molecule has 0 atom stereocenters. The lowest BCUT2D eigenvalue weighted by molar-refractivity contribution is -0.118. The molecule has 2 rings (SSSR count). The summed E-state index contributed by atoms with van der Waals surface area (Å²) in [6.45, 7) is 1.19. The Kier molecular flexibility index (Phi) is 2.40. The minimum absolute atomic E-state index is 0.142. The van der Waals surface area contributed by atoms with Crippen molar-refractivity contribution in [2.45, 2.75) is 12.8 Å². The lowest BCUT2D eigenvalue weighted by atomic mass is 10.1. The molecule has 6 nitrogen and oxygen atoms in total. The Balaban J connectivity index is 2.24. The predicted octanol–water partition coefficient (Wildman–Crippen LogP) is -0.190. The van der Waals surface area contributed by atoms with Crippen molar-refractivity contribution in [1.82, 2.24) is 9.97 Å². The van der Waals surface area contributed by atoms with Gasteiger partial charge < -0.3 is 16.4 Å². The number of hydrogen-bond donors (Lipinski definition) is 2. The summed E-state index contributed by atoms with van der Waals surface area (Å²) in [5, 5.41) is 0. The molecule has 1 aliphatic heterocycles. The molecule has 2 heterocycles. The summed E-state index contributed by atoms with van der Waals surface area (Å²) >= 11 is 0. The van der Waals surface area contributed by atoms with Crippen LogP contribution in [0, 0.1) is 0 Å². The van der Waals surface area contributed by atoms with Crippen molar-refractivity contribution < 1.29 is 4.79 Å². The lowest BCUT2D eigenvalue weighted by Gasteiger charge is -2.26. The van der Waals surface area contributed by atoms with Crippen molar-refractivity contribution in [3.8, 4) is 0 Å². The zero-order chi connectivity index (χ0) is 10.8. The number of nitrogen functional groups attached to an aromatic ring is 2. The van der Waals surface area contributed by atoms with Crippen molar-refractivity contribution in [2.24, 2.45) is 0 Å². The van der Waals surface area contributed by atoms with Gasteiger partial charge in [0, 0.05) is 19.0 Å². The summed E-state index contributed by atoms with van der Waals surface area (Å²) in [4.78, 5) is 21.0. The van der Waals surface area contributed by atoms with E-state index in [-0.39, 0.29) is 11.7 Å². The summed E-state index contributed by atoms with van der Waals surface area (Å²) < 4.78 is 0. The second-order valence-electron chi connectivity index (χ2n) is 3.57. The van der Waals surface area contributed by atoms with Gasteiger partial charge >= 0.3 is 0 Å². The molecule has 1 aromatic heterocycles. The van der Waals surface area contributed by atoms with Crippen molar-refractivity contribution in [3.05, 3.63) is 6.07 Å². The fourth-order valence-electron chi connectivity index (χ4n) is 1.67. The van der Waals surface area contributed by atoms with E-state index in [1.165, 1.54) is 0 Å². The van der Waals surface area contributed by atoms with E-state index in [1.54, 1.807) is 6.07 Å². The number of nitrogens with two attached hydrogens (primary N) is 2. The van der Waals surface area contributed by atoms with Crippen LogP contribution in [0.2, 0.25) is 0 Å². The zero-order valence-corrected chi connectivity index (χ0v) is 8.31. The number of carbonyl (C=O) groups is 1. The number of piperidine rings is 1. The van der Waals surface area contributed by atoms with Crippen LogP contribution in [0.3, 0.4) is 0 Å². The average molecular weight is 207 g/mol. The van der Waals surface area contributed by atoms with Crippen molar-refractivity contribution in [2.75, 3.05) is 29.5 Å². The van der Waals surface area contributed by atoms with E-state index < -0.39 is 0 Å². The quantitative estimate of drug-likeness (QED) is 0.662. The van der Waals surface area contributed by atoms with E-state index in [1.807, 2.05) is 4.90 Å². The molecule has 4 N–H and O–H groups in total. The minimum atomic E-state index is 0.142. The molecule has 1 aliphatic rings. The molecular formula is C9H13N5O. The lowest BCUT2D eigenvalue weighted by Crippen LogP contribution is -2.36. The molecule has 15 heavy (non-hydrogen) atoms. The van der Waals surface area contributed by atoms with Gasteiger partial charge in [0.2, 0.25) is 5.95 Å². The highest BCUT2D eigenvalue weighted by Crippen LogP contribution is 2.18. The Bertz CT molecular complexity index is 372. The van der Waals surface area contributed by atoms with Crippen LogP contribution in [0.4, 0.5) is 17.6 Å². The second-order valence-corrected chi connectivity index (χ2v) is 3.57. The molecular weight excluding hydrogens is 194 g/mol. The van der Waals surface area contributed by atoms with E-state index in [4.69, 9.17) is 11.5 Å². The maximum absolute atomic E-state index is 11.3. The average Bonchev–Trinajstić information content (AvgIpc) is 2.16. The van der Waals surface area contributed by atoms with E-state index >= 15 is 0 Å². The molecule has 1 fully saturated rings. The summed E-state index contributed by atoms with van der Waals surface area (Å²) in [6.07, 6.45) is 1.50. The topological polar surface area (TPSA) is 98.1 Å². The first-order chi connectivity index (χ1) is 7.15. The standard InChI is InChI=1S/C9H13N5O/c10-7-4-8(13-9(11)12-7)14-3-1-2-6(15)5-14/h4H,1-3,5H2,(H4,10,11,12,13). The predicted molar refractivity (Wildman–Crippen MR) is 57.3 cm³/mol. The first-order valence-corrected chi connectivity index (χ1v) is 4.82. The summed E-state index contributed by atoms with van der Waals surface area (Å²) in [6, 6.07) is 1.63.